The lowest BCUT2D eigenvalue weighted by atomic mass is 10.2. The summed E-state index contributed by atoms with van der Waals surface area (Å²) in [5, 5.41) is 10.3. The number of nitrogens with two attached hydrogens (primary N) is 1. The van der Waals surface area contributed by atoms with Crippen molar-refractivity contribution in [3.05, 3.63) is 4.88 Å². The van der Waals surface area contributed by atoms with E-state index < -0.39 is 0 Å². The molecule has 0 atom stereocenters. The largest absolute Gasteiger partial charge is 0.396 e. The van der Waals surface area contributed by atoms with E-state index in [1.807, 2.05) is 6.26 Å². The number of thiophene rings is 1. The summed E-state index contributed by atoms with van der Waals surface area (Å²) in [6.45, 7) is 2.19. The van der Waals surface area contributed by atoms with Crippen LogP contribution in [0.2, 0.25) is 0 Å². The highest BCUT2D eigenvalue weighted by atomic mass is 32.2. The fraction of sp³-hybridized carbons (Fsp3) is 0.583. The Bertz CT molecular complexity index is 426. The van der Waals surface area contributed by atoms with Gasteiger partial charge in [-0.3, -0.25) is 0 Å². The van der Waals surface area contributed by atoms with Crippen LogP contribution in [-0.2, 0) is 0 Å². The van der Waals surface area contributed by atoms with Gasteiger partial charge in [0, 0.05) is 13.1 Å². The van der Waals surface area contributed by atoms with Gasteiger partial charge in [0.2, 0.25) is 0 Å². The average molecular weight is 267 g/mol. The Balaban J connectivity index is 2.33. The van der Waals surface area contributed by atoms with Gasteiger partial charge in [0.15, 0.2) is 0 Å². The number of thioether (sulfide) groups is 1. The molecule has 0 aliphatic carbocycles. The Hall–Kier alpha value is -0.860. The number of rotatable bonds is 2. The van der Waals surface area contributed by atoms with Crippen molar-refractivity contribution >= 4 is 33.8 Å². The summed E-state index contributed by atoms with van der Waals surface area (Å²) < 4.78 is 0. The third-order valence-corrected chi connectivity index (χ3v) is 5.20. The van der Waals surface area contributed by atoms with Gasteiger partial charge in [-0.25, -0.2) is 0 Å². The van der Waals surface area contributed by atoms with Gasteiger partial charge in [0.05, 0.1) is 10.6 Å². The van der Waals surface area contributed by atoms with Crippen LogP contribution in [0.15, 0.2) is 4.90 Å². The quantitative estimate of drug-likeness (QED) is 0.835. The Morgan fingerprint density at radius 3 is 2.47 bits per heavy atom. The predicted octanol–water partition coefficient (Wildman–Crippen LogP) is 3.30. The molecule has 0 saturated carbocycles. The number of nitriles is 1. The monoisotopic (exact) mass is 267 g/mol. The van der Waals surface area contributed by atoms with Gasteiger partial charge in [0.1, 0.15) is 15.9 Å². The molecule has 1 aromatic heterocycles. The molecule has 2 rings (SSSR count). The van der Waals surface area contributed by atoms with Crippen LogP contribution in [0.4, 0.5) is 10.7 Å². The van der Waals surface area contributed by atoms with Crippen LogP contribution >= 0.6 is 23.1 Å². The second-order valence-electron chi connectivity index (χ2n) is 4.20. The summed E-state index contributed by atoms with van der Waals surface area (Å²) in [5.41, 5.74) is 6.68. The van der Waals surface area contributed by atoms with Gasteiger partial charge in [-0.2, -0.15) is 5.26 Å². The van der Waals surface area contributed by atoms with Gasteiger partial charge in [0.25, 0.3) is 0 Å². The maximum atomic E-state index is 9.06. The van der Waals surface area contributed by atoms with Crippen LogP contribution in [0.5, 0.6) is 0 Å². The lowest BCUT2D eigenvalue weighted by Gasteiger charge is -2.21. The highest BCUT2D eigenvalue weighted by Crippen LogP contribution is 2.43. The van der Waals surface area contributed by atoms with Gasteiger partial charge in [-0.1, -0.05) is 12.8 Å². The minimum atomic E-state index is 0.661. The van der Waals surface area contributed by atoms with Gasteiger partial charge in [-0.05, 0) is 19.1 Å². The van der Waals surface area contributed by atoms with Crippen LogP contribution in [0.25, 0.3) is 0 Å². The van der Waals surface area contributed by atoms with Crippen molar-refractivity contribution < 1.29 is 0 Å². The van der Waals surface area contributed by atoms with E-state index in [2.05, 4.69) is 11.0 Å². The molecule has 0 bridgehead atoms. The molecule has 92 valence electrons. The topological polar surface area (TPSA) is 53.0 Å². The zero-order valence-electron chi connectivity index (χ0n) is 10.0. The average Bonchev–Trinajstić information content (AvgIpc) is 2.55. The maximum absolute atomic E-state index is 9.06. The minimum absolute atomic E-state index is 0.661. The summed E-state index contributed by atoms with van der Waals surface area (Å²) in [6, 6.07) is 2.20. The van der Waals surface area contributed by atoms with E-state index in [1.54, 1.807) is 23.1 Å². The molecule has 3 nitrogen and oxygen atoms in total. The van der Waals surface area contributed by atoms with Crippen molar-refractivity contribution in [1.82, 2.24) is 0 Å². The number of hydrogen-bond acceptors (Lipinski definition) is 5. The Morgan fingerprint density at radius 1 is 1.29 bits per heavy atom. The molecule has 2 heterocycles. The van der Waals surface area contributed by atoms with Crippen molar-refractivity contribution in [2.75, 3.05) is 30.0 Å². The summed E-state index contributed by atoms with van der Waals surface area (Å²) in [6.07, 6.45) is 7.15. The second kappa shape index (κ2) is 5.65. The molecule has 1 aliphatic rings. The van der Waals surface area contributed by atoms with Gasteiger partial charge < -0.3 is 10.6 Å². The maximum Gasteiger partial charge on any atom is 0.131 e. The Labute approximate surface area is 111 Å². The molecule has 2 N–H and O–H groups in total. The molecular formula is C12H17N3S2. The fourth-order valence-corrected chi connectivity index (χ4v) is 4.21. The van der Waals surface area contributed by atoms with Crippen LogP contribution in [-0.4, -0.2) is 19.3 Å². The van der Waals surface area contributed by atoms with E-state index in [0.29, 0.717) is 10.6 Å². The lowest BCUT2D eigenvalue weighted by molar-refractivity contribution is 0.726. The molecule has 1 fully saturated rings. The van der Waals surface area contributed by atoms with Crippen LogP contribution in [0.1, 0.15) is 30.6 Å². The molecule has 0 unspecified atom stereocenters. The zero-order valence-corrected chi connectivity index (χ0v) is 11.7. The van der Waals surface area contributed by atoms with Gasteiger partial charge >= 0.3 is 0 Å². The standard InChI is InChI=1S/C12H17N3S2/c1-16-11-10(14)9(8-13)17-12(11)15-6-4-2-3-5-7-15/h2-7,14H2,1H3. The second-order valence-corrected chi connectivity index (χ2v) is 6.01. The zero-order chi connectivity index (χ0) is 12.3. The molecule has 1 saturated heterocycles. The van der Waals surface area contributed by atoms with Crippen LogP contribution in [0.3, 0.4) is 0 Å². The first-order chi connectivity index (χ1) is 8.27. The Morgan fingerprint density at radius 2 is 1.94 bits per heavy atom. The SMILES string of the molecule is CSc1c(N2CCCCCC2)sc(C#N)c1N. The molecule has 1 aromatic rings. The first kappa shape index (κ1) is 12.6. The lowest BCUT2D eigenvalue weighted by Crippen LogP contribution is -2.23. The van der Waals surface area contributed by atoms with Crippen molar-refractivity contribution in [3.8, 4) is 6.07 Å². The molecule has 5 heteroatoms. The first-order valence-electron chi connectivity index (χ1n) is 5.89. The molecule has 0 spiro atoms. The molecular weight excluding hydrogens is 250 g/mol. The van der Waals surface area contributed by atoms with E-state index >= 15 is 0 Å². The summed E-state index contributed by atoms with van der Waals surface area (Å²) in [5.74, 6) is 0. The first-order valence-corrected chi connectivity index (χ1v) is 7.93. The minimum Gasteiger partial charge on any atom is -0.396 e. The summed E-state index contributed by atoms with van der Waals surface area (Å²) in [7, 11) is 0. The third kappa shape index (κ3) is 2.53. The van der Waals surface area contributed by atoms with Crippen molar-refractivity contribution in [1.29, 1.82) is 5.26 Å². The molecule has 17 heavy (non-hydrogen) atoms. The normalized spacial score (nSPS) is 16.6. The summed E-state index contributed by atoms with van der Waals surface area (Å²) >= 11 is 3.20. The third-order valence-electron chi connectivity index (χ3n) is 3.08. The van der Waals surface area contributed by atoms with Gasteiger partial charge in [-0.15, -0.1) is 23.1 Å². The molecule has 0 amide bonds. The predicted molar refractivity (Wildman–Crippen MR) is 75.9 cm³/mol. The van der Waals surface area contributed by atoms with Crippen LogP contribution in [0, 0.1) is 11.3 Å². The smallest absolute Gasteiger partial charge is 0.131 e. The number of hydrogen-bond donors (Lipinski definition) is 1. The van der Waals surface area contributed by atoms with E-state index in [9.17, 15) is 0 Å². The van der Waals surface area contributed by atoms with E-state index in [4.69, 9.17) is 11.0 Å². The van der Waals surface area contributed by atoms with E-state index in [1.165, 1.54) is 30.7 Å². The summed E-state index contributed by atoms with van der Waals surface area (Å²) in [4.78, 5) is 4.16. The highest BCUT2D eigenvalue weighted by molar-refractivity contribution is 7.99. The highest BCUT2D eigenvalue weighted by Gasteiger charge is 2.20. The number of nitrogen functional groups attached to an aromatic ring is 1. The molecule has 0 aromatic carbocycles. The van der Waals surface area contributed by atoms with Crippen molar-refractivity contribution in [3.63, 3.8) is 0 Å². The molecule has 0 radical (unpaired) electrons. The van der Waals surface area contributed by atoms with Crippen molar-refractivity contribution in [2.24, 2.45) is 0 Å². The van der Waals surface area contributed by atoms with Crippen LogP contribution < -0.4 is 10.6 Å². The fourth-order valence-electron chi connectivity index (χ4n) is 2.18. The Kier molecular flexibility index (Phi) is 4.19. The molecule has 1 aliphatic heterocycles. The van der Waals surface area contributed by atoms with Crippen molar-refractivity contribution in [2.45, 2.75) is 30.6 Å². The van der Waals surface area contributed by atoms with E-state index in [-0.39, 0.29) is 0 Å². The number of anilines is 2. The number of nitrogens with zero attached hydrogens (tertiary/aromatic N) is 2. The van der Waals surface area contributed by atoms with E-state index in [0.717, 1.165) is 18.0 Å².